The molecule has 0 saturated heterocycles. The van der Waals surface area contributed by atoms with Crippen LogP contribution in [-0.2, 0) is 13.1 Å². The summed E-state index contributed by atoms with van der Waals surface area (Å²) in [6, 6.07) is 14.2. The Morgan fingerprint density at radius 1 is 1.13 bits per heavy atom. The van der Waals surface area contributed by atoms with Crippen LogP contribution in [-0.4, -0.2) is 19.0 Å². The van der Waals surface area contributed by atoms with Gasteiger partial charge in [0.2, 0.25) is 0 Å². The predicted molar refractivity (Wildman–Crippen MR) is 118 cm³/mol. The van der Waals surface area contributed by atoms with Crippen molar-refractivity contribution in [2.75, 3.05) is 0 Å². The number of hydrogen-bond acceptors (Lipinski definition) is 5. The molecule has 4 aromatic rings. The Morgan fingerprint density at radius 3 is 2.67 bits per heavy atom. The maximum absolute atomic E-state index is 11.4. The first-order valence-corrected chi connectivity index (χ1v) is 10.6. The molecule has 0 aliphatic carbocycles. The SMILES string of the molecule is O=[N+]([O-])c1ccccc1N=c1scc(-c2ccc(Cl)cc2)n1CCCn1ccnc1. The van der Waals surface area contributed by atoms with Crippen LogP contribution in [0.1, 0.15) is 6.42 Å². The van der Waals surface area contributed by atoms with Crippen LogP contribution in [0.4, 0.5) is 11.4 Å². The molecule has 0 saturated carbocycles. The molecule has 2 heterocycles. The van der Waals surface area contributed by atoms with E-state index in [2.05, 4.69) is 14.5 Å². The van der Waals surface area contributed by atoms with Crippen molar-refractivity contribution in [2.24, 2.45) is 4.99 Å². The van der Waals surface area contributed by atoms with E-state index in [1.54, 1.807) is 30.7 Å². The van der Waals surface area contributed by atoms with E-state index in [-0.39, 0.29) is 5.69 Å². The van der Waals surface area contributed by atoms with Crippen LogP contribution in [0.5, 0.6) is 0 Å². The number of nitro benzene ring substituents is 1. The molecule has 30 heavy (non-hydrogen) atoms. The van der Waals surface area contributed by atoms with Crippen molar-refractivity contribution in [3.05, 3.63) is 92.6 Å². The molecule has 2 aromatic carbocycles. The average Bonchev–Trinajstić information content (AvgIpc) is 3.40. The summed E-state index contributed by atoms with van der Waals surface area (Å²) in [4.78, 5) is 20.4. The number of aryl methyl sites for hydroxylation is 1. The lowest BCUT2D eigenvalue weighted by molar-refractivity contribution is -0.384. The summed E-state index contributed by atoms with van der Waals surface area (Å²) in [5.74, 6) is 0. The van der Waals surface area contributed by atoms with Gasteiger partial charge in [0.25, 0.3) is 5.69 Å². The number of hydrogen-bond donors (Lipinski definition) is 0. The summed E-state index contributed by atoms with van der Waals surface area (Å²) < 4.78 is 4.12. The highest BCUT2D eigenvalue weighted by atomic mass is 35.5. The van der Waals surface area contributed by atoms with Crippen molar-refractivity contribution in [1.82, 2.24) is 14.1 Å². The fraction of sp³-hybridized carbons (Fsp3) is 0.143. The number of benzene rings is 2. The Balaban J connectivity index is 1.74. The van der Waals surface area contributed by atoms with E-state index in [1.165, 1.54) is 17.4 Å². The number of thiazole rings is 1. The Hall–Kier alpha value is -3.23. The third-order valence-corrected chi connectivity index (χ3v) is 5.70. The molecule has 152 valence electrons. The highest BCUT2D eigenvalue weighted by molar-refractivity contribution is 7.07. The lowest BCUT2D eigenvalue weighted by atomic mass is 10.2. The fourth-order valence-electron chi connectivity index (χ4n) is 3.13. The van der Waals surface area contributed by atoms with E-state index in [4.69, 9.17) is 11.6 Å². The van der Waals surface area contributed by atoms with Gasteiger partial charge in [-0.1, -0.05) is 35.9 Å². The van der Waals surface area contributed by atoms with Gasteiger partial charge >= 0.3 is 0 Å². The molecule has 4 rings (SSSR count). The van der Waals surface area contributed by atoms with E-state index in [0.717, 1.165) is 24.2 Å². The molecule has 2 aromatic heterocycles. The second kappa shape index (κ2) is 9.06. The molecule has 0 atom stereocenters. The van der Waals surface area contributed by atoms with Crippen LogP contribution in [0.15, 0.2) is 77.6 Å². The maximum atomic E-state index is 11.4. The first-order chi connectivity index (χ1) is 14.6. The second-order valence-corrected chi connectivity index (χ2v) is 7.85. The van der Waals surface area contributed by atoms with Gasteiger partial charge in [0.15, 0.2) is 4.80 Å². The van der Waals surface area contributed by atoms with Crippen molar-refractivity contribution in [1.29, 1.82) is 0 Å². The van der Waals surface area contributed by atoms with Crippen LogP contribution in [0.25, 0.3) is 11.3 Å². The fourth-order valence-corrected chi connectivity index (χ4v) is 4.21. The molecular formula is C21H18ClN5O2S. The van der Waals surface area contributed by atoms with Gasteiger partial charge in [-0.2, -0.15) is 0 Å². The normalized spacial score (nSPS) is 11.7. The molecule has 0 spiro atoms. The lowest BCUT2D eigenvalue weighted by Gasteiger charge is -2.10. The van der Waals surface area contributed by atoms with Crippen LogP contribution < -0.4 is 4.80 Å². The van der Waals surface area contributed by atoms with Crippen LogP contribution >= 0.6 is 22.9 Å². The van der Waals surface area contributed by atoms with Crippen molar-refractivity contribution < 1.29 is 4.92 Å². The molecule has 0 bridgehead atoms. The van der Waals surface area contributed by atoms with Crippen LogP contribution in [0.2, 0.25) is 5.02 Å². The minimum Gasteiger partial charge on any atom is -0.337 e. The Bertz CT molecular complexity index is 1210. The number of nitrogens with zero attached hydrogens (tertiary/aromatic N) is 5. The van der Waals surface area contributed by atoms with Crippen LogP contribution in [0, 0.1) is 10.1 Å². The number of halogens is 1. The van der Waals surface area contributed by atoms with Crippen molar-refractivity contribution in [3.8, 4) is 11.3 Å². The minimum absolute atomic E-state index is 0.0103. The van der Waals surface area contributed by atoms with Gasteiger partial charge in [0, 0.05) is 42.0 Å². The van der Waals surface area contributed by atoms with Gasteiger partial charge in [-0.15, -0.1) is 11.3 Å². The van der Waals surface area contributed by atoms with Crippen LogP contribution in [0.3, 0.4) is 0 Å². The van der Waals surface area contributed by atoms with Gasteiger partial charge < -0.3 is 9.13 Å². The van der Waals surface area contributed by atoms with Gasteiger partial charge in [-0.05, 0) is 30.2 Å². The van der Waals surface area contributed by atoms with E-state index in [9.17, 15) is 10.1 Å². The monoisotopic (exact) mass is 439 g/mol. The molecule has 7 nitrogen and oxygen atoms in total. The van der Waals surface area contributed by atoms with Gasteiger partial charge in [-0.25, -0.2) is 9.98 Å². The summed E-state index contributed by atoms with van der Waals surface area (Å²) in [5.41, 5.74) is 2.35. The number of aromatic nitrogens is 3. The first-order valence-electron chi connectivity index (χ1n) is 9.30. The predicted octanol–water partition coefficient (Wildman–Crippen LogP) is 5.30. The summed E-state index contributed by atoms with van der Waals surface area (Å²) in [6.45, 7) is 1.52. The number of para-hydroxylation sites is 2. The van der Waals surface area contributed by atoms with Crippen molar-refractivity contribution >= 4 is 34.3 Å². The molecule has 0 unspecified atom stereocenters. The molecule has 0 radical (unpaired) electrons. The second-order valence-electron chi connectivity index (χ2n) is 6.57. The molecule has 0 aliphatic heterocycles. The van der Waals surface area contributed by atoms with Gasteiger partial charge in [0.1, 0.15) is 5.69 Å². The zero-order valence-corrected chi connectivity index (χ0v) is 17.5. The standard InChI is InChI=1S/C21H18ClN5O2S/c22-17-8-6-16(7-9-17)20-14-30-21(24-18-4-1-2-5-19(18)27(28)29)26(20)12-3-11-25-13-10-23-15-25/h1-2,4-10,13-15H,3,11-12H2. The average molecular weight is 440 g/mol. The number of nitro groups is 1. The zero-order chi connectivity index (χ0) is 20.9. The van der Waals surface area contributed by atoms with Crippen molar-refractivity contribution in [2.45, 2.75) is 19.5 Å². The number of rotatable bonds is 7. The molecule has 9 heteroatoms. The van der Waals surface area contributed by atoms with E-state index < -0.39 is 4.92 Å². The molecule has 0 aliphatic rings. The van der Waals surface area contributed by atoms with Gasteiger partial charge in [-0.3, -0.25) is 10.1 Å². The summed E-state index contributed by atoms with van der Waals surface area (Å²) in [6.07, 6.45) is 6.33. The Morgan fingerprint density at radius 2 is 1.93 bits per heavy atom. The molecule has 0 amide bonds. The Kier molecular flexibility index (Phi) is 6.06. The summed E-state index contributed by atoms with van der Waals surface area (Å²) >= 11 is 7.50. The maximum Gasteiger partial charge on any atom is 0.294 e. The van der Waals surface area contributed by atoms with E-state index in [0.29, 0.717) is 22.1 Å². The third kappa shape index (κ3) is 4.50. The quantitative estimate of drug-likeness (QED) is 0.289. The molecule has 0 N–H and O–H groups in total. The summed E-state index contributed by atoms with van der Waals surface area (Å²) in [7, 11) is 0. The minimum atomic E-state index is -0.407. The van der Waals surface area contributed by atoms with Gasteiger partial charge in [0.05, 0.1) is 16.9 Å². The first kappa shape index (κ1) is 20.1. The van der Waals surface area contributed by atoms with E-state index >= 15 is 0 Å². The largest absolute Gasteiger partial charge is 0.337 e. The topological polar surface area (TPSA) is 78.2 Å². The highest BCUT2D eigenvalue weighted by Crippen LogP contribution is 2.27. The third-order valence-electron chi connectivity index (χ3n) is 4.59. The zero-order valence-electron chi connectivity index (χ0n) is 15.9. The Labute approximate surface area is 181 Å². The van der Waals surface area contributed by atoms with Crippen molar-refractivity contribution in [3.63, 3.8) is 0 Å². The molecular weight excluding hydrogens is 422 g/mol. The van der Waals surface area contributed by atoms with E-state index in [1.807, 2.05) is 40.4 Å². The lowest BCUT2D eigenvalue weighted by Crippen LogP contribution is -2.17. The summed E-state index contributed by atoms with van der Waals surface area (Å²) in [5, 5.41) is 14.1. The molecule has 0 fully saturated rings. The highest BCUT2D eigenvalue weighted by Gasteiger charge is 2.13. The smallest absolute Gasteiger partial charge is 0.294 e. The number of imidazole rings is 1.